The van der Waals surface area contributed by atoms with Crippen LogP contribution in [0.5, 0.6) is 5.75 Å². The quantitative estimate of drug-likeness (QED) is 0.671. The van der Waals surface area contributed by atoms with E-state index in [0.29, 0.717) is 31.1 Å². The van der Waals surface area contributed by atoms with Gasteiger partial charge in [-0.05, 0) is 47.6 Å². The normalized spacial score (nSPS) is 10.6. The molecule has 0 fully saturated rings. The lowest BCUT2D eigenvalue weighted by Gasteiger charge is -2.08. The van der Waals surface area contributed by atoms with E-state index in [4.69, 9.17) is 9.84 Å². The van der Waals surface area contributed by atoms with Crippen LogP contribution in [0.4, 0.5) is 0 Å². The number of rotatable bonds is 10. The number of ether oxygens (including phenoxy) is 1. The lowest BCUT2D eigenvalue weighted by molar-refractivity contribution is -0.139. The van der Waals surface area contributed by atoms with Gasteiger partial charge in [0.2, 0.25) is 5.91 Å². The topological polar surface area (TPSA) is 75.6 Å². The Hall–Kier alpha value is -2.82. The summed E-state index contributed by atoms with van der Waals surface area (Å²) in [6.45, 7) is 4.55. The molecule has 0 aliphatic carbocycles. The fraction of sp³-hybridized carbons (Fsp3) is 0.364. The van der Waals surface area contributed by atoms with Gasteiger partial charge in [-0.1, -0.05) is 50.2 Å². The molecule has 0 radical (unpaired) electrons. The summed E-state index contributed by atoms with van der Waals surface area (Å²) >= 11 is 0. The molecule has 0 aliphatic heterocycles. The predicted octanol–water partition coefficient (Wildman–Crippen LogP) is 3.56. The summed E-state index contributed by atoms with van der Waals surface area (Å²) < 4.78 is 5.09. The fourth-order valence-electron chi connectivity index (χ4n) is 2.66. The van der Waals surface area contributed by atoms with Crippen LogP contribution in [-0.2, 0) is 22.4 Å². The van der Waals surface area contributed by atoms with Crippen LogP contribution in [0, 0.1) is 0 Å². The molecule has 0 aliphatic rings. The van der Waals surface area contributed by atoms with Gasteiger partial charge in [-0.25, -0.2) is 4.79 Å². The minimum Gasteiger partial charge on any atom is -0.482 e. The van der Waals surface area contributed by atoms with E-state index in [-0.39, 0.29) is 12.5 Å². The SMILES string of the molecule is CC(C)c1ccc(CCC(=O)NCCc2ccc(OCC(=O)O)cc2)cc1. The third-order valence-corrected chi connectivity index (χ3v) is 4.31. The summed E-state index contributed by atoms with van der Waals surface area (Å²) in [5.74, 6) is 0.0795. The summed E-state index contributed by atoms with van der Waals surface area (Å²) in [7, 11) is 0. The van der Waals surface area contributed by atoms with Crippen molar-refractivity contribution in [1.29, 1.82) is 0 Å². The summed E-state index contributed by atoms with van der Waals surface area (Å²) in [4.78, 5) is 22.5. The van der Waals surface area contributed by atoms with Gasteiger partial charge in [0, 0.05) is 13.0 Å². The van der Waals surface area contributed by atoms with Crippen LogP contribution >= 0.6 is 0 Å². The molecule has 0 spiro atoms. The van der Waals surface area contributed by atoms with E-state index in [1.807, 2.05) is 12.1 Å². The summed E-state index contributed by atoms with van der Waals surface area (Å²) in [5.41, 5.74) is 3.54. The maximum absolute atomic E-state index is 12.0. The molecule has 1 amide bonds. The van der Waals surface area contributed by atoms with Gasteiger partial charge < -0.3 is 15.2 Å². The van der Waals surface area contributed by atoms with Crippen molar-refractivity contribution in [2.75, 3.05) is 13.2 Å². The first-order valence-corrected chi connectivity index (χ1v) is 9.23. The van der Waals surface area contributed by atoms with Gasteiger partial charge >= 0.3 is 5.97 Å². The van der Waals surface area contributed by atoms with Gasteiger partial charge in [0.15, 0.2) is 6.61 Å². The number of benzene rings is 2. The number of hydrogen-bond acceptors (Lipinski definition) is 3. The van der Waals surface area contributed by atoms with Crippen LogP contribution in [0.1, 0.15) is 42.9 Å². The molecule has 0 unspecified atom stereocenters. The highest BCUT2D eigenvalue weighted by Crippen LogP contribution is 2.15. The van der Waals surface area contributed by atoms with Crippen molar-refractivity contribution in [3.63, 3.8) is 0 Å². The van der Waals surface area contributed by atoms with E-state index in [9.17, 15) is 9.59 Å². The molecule has 2 N–H and O–H groups in total. The molecule has 5 nitrogen and oxygen atoms in total. The number of aryl methyl sites for hydroxylation is 1. The lowest BCUT2D eigenvalue weighted by atomic mass is 10.0. The molecule has 2 aromatic rings. The van der Waals surface area contributed by atoms with Crippen LogP contribution < -0.4 is 10.1 Å². The molecular weight excluding hydrogens is 342 g/mol. The Morgan fingerprint density at radius 1 is 0.963 bits per heavy atom. The van der Waals surface area contributed by atoms with E-state index < -0.39 is 5.97 Å². The van der Waals surface area contributed by atoms with Gasteiger partial charge in [0.1, 0.15) is 5.75 Å². The molecule has 0 saturated heterocycles. The van der Waals surface area contributed by atoms with E-state index in [0.717, 1.165) is 12.0 Å². The second-order valence-electron chi connectivity index (χ2n) is 6.82. The minimum absolute atomic E-state index is 0.0457. The minimum atomic E-state index is -1.00. The van der Waals surface area contributed by atoms with Crippen LogP contribution in [0.15, 0.2) is 48.5 Å². The number of amides is 1. The Bertz CT molecular complexity index is 736. The second-order valence-corrected chi connectivity index (χ2v) is 6.82. The Morgan fingerprint density at radius 2 is 1.56 bits per heavy atom. The molecule has 0 saturated carbocycles. The van der Waals surface area contributed by atoms with Crippen LogP contribution in [0.25, 0.3) is 0 Å². The van der Waals surface area contributed by atoms with Gasteiger partial charge in [-0.15, -0.1) is 0 Å². The molecule has 0 heterocycles. The number of carbonyl (C=O) groups excluding carboxylic acids is 1. The molecule has 144 valence electrons. The number of carbonyl (C=O) groups is 2. The van der Waals surface area contributed by atoms with Gasteiger partial charge in [0.25, 0.3) is 0 Å². The summed E-state index contributed by atoms with van der Waals surface area (Å²) in [6.07, 6.45) is 1.93. The Labute approximate surface area is 160 Å². The monoisotopic (exact) mass is 369 g/mol. The Kier molecular flexibility index (Phi) is 7.86. The number of carboxylic acid groups (broad SMARTS) is 1. The zero-order valence-corrected chi connectivity index (χ0v) is 15.9. The number of aliphatic carboxylic acids is 1. The van der Waals surface area contributed by atoms with Crippen molar-refractivity contribution in [3.05, 3.63) is 65.2 Å². The first-order chi connectivity index (χ1) is 12.9. The van der Waals surface area contributed by atoms with Gasteiger partial charge in [0.05, 0.1) is 0 Å². The zero-order chi connectivity index (χ0) is 19.6. The van der Waals surface area contributed by atoms with Crippen molar-refractivity contribution < 1.29 is 19.4 Å². The van der Waals surface area contributed by atoms with Crippen molar-refractivity contribution in [2.45, 2.75) is 39.0 Å². The Morgan fingerprint density at radius 3 is 2.15 bits per heavy atom. The number of carboxylic acids is 1. The van der Waals surface area contributed by atoms with Crippen molar-refractivity contribution in [2.24, 2.45) is 0 Å². The Balaban J connectivity index is 1.67. The molecule has 5 heteroatoms. The zero-order valence-electron chi connectivity index (χ0n) is 15.9. The maximum Gasteiger partial charge on any atom is 0.341 e. The fourth-order valence-corrected chi connectivity index (χ4v) is 2.66. The number of nitrogens with one attached hydrogen (secondary N) is 1. The van der Waals surface area contributed by atoms with E-state index in [1.54, 1.807) is 12.1 Å². The molecule has 2 aromatic carbocycles. The van der Waals surface area contributed by atoms with Gasteiger partial charge in [-0.2, -0.15) is 0 Å². The molecule has 0 atom stereocenters. The average Bonchev–Trinajstić information content (AvgIpc) is 2.66. The second kappa shape index (κ2) is 10.4. The van der Waals surface area contributed by atoms with Crippen LogP contribution in [-0.4, -0.2) is 30.1 Å². The third kappa shape index (κ3) is 7.52. The molecule has 2 rings (SSSR count). The number of hydrogen-bond donors (Lipinski definition) is 2. The average molecular weight is 369 g/mol. The highest BCUT2D eigenvalue weighted by Gasteiger charge is 2.04. The predicted molar refractivity (Wildman–Crippen MR) is 105 cm³/mol. The molecular formula is C22H27NO4. The lowest BCUT2D eigenvalue weighted by Crippen LogP contribution is -2.25. The highest BCUT2D eigenvalue weighted by atomic mass is 16.5. The standard InChI is InChI=1S/C22H27NO4/c1-16(2)19-8-3-17(4-9-19)7-12-21(24)23-14-13-18-5-10-20(11-6-18)27-15-22(25)26/h3-6,8-11,16H,7,12-15H2,1-2H3,(H,23,24)(H,25,26). The summed E-state index contributed by atoms with van der Waals surface area (Å²) in [5, 5.41) is 11.5. The summed E-state index contributed by atoms with van der Waals surface area (Å²) in [6, 6.07) is 15.7. The van der Waals surface area contributed by atoms with Gasteiger partial charge in [-0.3, -0.25) is 4.79 Å². The molecule has 0 bridgehead atoms. The van der Waals surface area contributed by atoms with E-state index in [2.05, 4.69) is 43.4 Å². The smallest absolute Gasteiger partial charge is 0.341 e. The highest BCUT2D eigenvalue weighted by molar-refractivity contribution is 5.76. The van der Waals surface area contributed by atoms with E-state index >= 15 is 0 Å². The van der Waals surface area contributed by atoms with Crippen molar-refractivity contribution >= 4 is 11.9 Å². The maximum atomic E-state index is 12.0. The van der Waals surface area contributed by atoms with E-state index in [1.165, 1.54) is 11.1 Å². The third-order valence-electron chi connectivity index (χ3n) is 4.31. The van der Waals surface area contributed by atoms with Crippen molar-refractivity contribution in [1.82, 2.24) is 5.32 Å². The first kappa shape index (κ1) is 20.5. The van der Waals surface area contributed by atoms with Crippen LogP contribution in [0.2, 0.25) is 0 Å². The first-order valence-electron chi connectivity index (χ1n) is 9.23. The molecule has 27 heavy (non-hydrogen) atoms. The largest absolute Gasteiger partial charge is 0.482 e. The molecule has 0 aromatic heterocycles. The van der Waals surface area contributed by atoms with Crippen LogP contribution in [0.3, 0.4) is 0 Å². The van der Waals surface area contributed by atoms with Crippen molar-refractivity contribution in [3.8, 4) is 5.75 Å².